The van der Waals surface area contributed by atoms with Crippen molar-refractivity contribution in [3.63, 3.8) is 0 Å². The number of piperazine rings is 2. The molecule has 2 N–H and O–H groups in total. The van der Waals surface area contributed by atoms with Crippen molar-refractivity contribution in [1.82, 2.24) is 15.1 Å². The Bertz CT molecular complexity index is 1070. The summed E-state index contributed by atoms with van der Waals surface area (Å²) in [6.45, 7) is 3.95. The fraction of sp³-hybridized carbons (Fsp3) is 0.400. The molecule has 0 aliphatic carbocycles. The SMILES string of the molecule is COc1ccccc1NC(=O)C[C@H]1C(=O)NCCN1C(=O)CN1CCN(c2cccc(Cl)c2)CC1. The first-order chi connectivity index (χ1) is 16.9. The van der Waals surface area contributed by atoms with Gasteiger partial charge < -0.3 is 25.2 Å². The molecule has 9 nitrogen and oxygen atoms in total. The smallest absolute Gasteiger partial charge is 0.243 e. The van der Waals surface area contributed by atoms with E-state index in [1.165, 1.54) is 12.0 Å². The van der Waals surface area contributed by atoms with Crippen LogP contribution in [-0.2, 0) is 14.4 Å². The van der Waals surface area contributed by atoms with Gasteiger partial charge in [0.05, 0.1) is 25.8 Å². The van der Waals surface area contributed by atoms with E-state index in [0.29, 0.717) is 29.5 Å². The van der Waals surface area contributed by atoms with E-state index in [2.05, 4.69) is 20.4 Å². The number of hydrogen-bond donors (Lipinski definition) is 2. The Kier molecular flexibility index (Phi) is 8.09. The summed E-state index contributed by atoms with van der Waals surface area (Å²) < 4.78 is 5.27. The number of hydrogen-bond acceptors (Lipinski definition) is 6. The standard InChI is InChI=1S/C25H30ClN5O4/c1-35-22-8-3-2-7-20(22)28-23(32)16-21-25(34)27-9-10-31(21)24(33)17-29-11-13-30(14-12-29)19-6-4-5-18(26)15-19/h2-8,15,21H,9-14,16-17H2,1H3,(H,27,34)(H,28,32)/t21-/m0/s1. The molecule has 2 aromatic carbocycles. The van der Waals surface area contributed by atoms with Crippen LogP contribution >= 0.6 is 11.6 Å². The summed E-state index contributed by atoms with van der Waals surface area (Å²) in [5, 5.41) is 6.26. The average molecular weight is 500 g/mol. The van der Waals surface area contributed by atoms with Gasteiger partial charge in [-0.15, -0.1) is 0 Å². The van der Waals surface area contributed by atoms with Crippen molar-refractivity contribution in [2.45, 2.75) is 12.5 Å². The zero-order valence-corrected chi connectivity index (χ0v) is 20.5. The first-order valence-electron chi connectivity index (χ1n) is 11.7. The number of nitrogens with one attached hydrogen (secondary N) is 2. The highest BCUT2D eigenvalue weighted by molar-refractivity contribution is 6.30. The van der Waals surface area contributed by atoms with Crippen LogP contribution in [0.15, 0.2) is 48.5 Å². The molecule has 0 spiro atoms. The molecule has 2 heterocycles. The highest BCUT2D eigenvalue weighted by Crippen LogP contribution is 2.24. The molecule has 1 atom stereocenters. The van der Waals surface area contributed by atoms with Gasteiger partial charge >= 0.3 is 0 Å². The summed E-state index contributed by atoms with van der Waals surface area (Å²) in [6, 6.07) is 14.0. The summed E-state index contributed by atoms with van der Waals surface area (Å²) >= 11 is 6.11. The molecular formula is C25H30ClN5O4. The monoisotopic (exact) mass is 499 g/mol. The fourth-order valence-corrected chi connectivity index (χ4v) is 4.64. The van der Waals surface area contributed by atoms with Crippen LogP contribution in [-0.4, -0.2) is 86.5 Å². The molecule has 0 saturated carbocycles. The normalized spacial score (nSPS) is 18.7. The molecule has 2 saturated heterocycles. The molecule has 0 radical (unpaired) electrons. The Morgan fingerprint density at radius 2 is 1.86 bits per heavy atom. The van der Waals surface area contributed by atoms with Crippen LogP contribution in [0, 0.1) is 0 Å². The Morgan fingerprint density at radius 1 is 1.09 bits per heavy atom. The molecular weight excluding hydrogens is 470 g/mol. The fourth-order valence-electron chi connectivity index (χ4n) is 4.46. The van der Waals surface area contributed by atoms with Crippen molar-refractivity contribution in [2.75, 3.05) is 63.1 Å². The first kappa shape index (κ1) is 24.8. The number of carbonyl (C=O) groups is 3. The van der Waals surface area contributed by atoms with Crippen molar-refractivity contribution in [2.24, 2.45) is 0 Å². The quantitative estimate of drug-likeness (QED) is 0.603. The van der Waals surface area contributed by atoms with Gasteiger partial charge in [0.25, 0.3) is 0 Å². The Labute approximate surface area is 210 Å². The van der Waals surface area contributed by atoms with Gasteiger partial charge in [0.2, 0.25) is 17.7 Å². The lowest BCUT2D eigenvalue weighted by atomic mass is 10.1. The Morgan fingerprint density at radius 3 is 2.60 bits per heavy atom. The summed E-state index contributed by atoms with van der Waals surface area (Å²) in [5.41, 5.74) is 1.59. The molecule has 2 fully saturated rings. The number of benzene rings is 2. The second-order valence-corrected chi connectivity index (χ2v) is 9.03. The van der Waals surface area contributed by atoms with Gasteiger partial charge in [-0.1, -0.05) is 29.8 Å². The number of anilines is 2. The van der Waals surface area contributed by atoms with Crippen LogP contribution < -0.4 is 20.3 Å². The van der Waals surface area contributed by atoms with E-state index >= 15 is 0 Å². The molecule has 2 aromatic rings. The van der Waals surface area contributed by atoms with Crippen molar-refractivity contribution in [3.8, 4) is 5.75 Å². The zero-order valence-electron chi connectivity index (χ0n) is 19.7. The van der Waals surface area contributed by atoms with Crippen LogP contribution in [0.4, 0.5) is 11.4 Å². The maximum absolute atomic E-state index is 13.2. The van der Waals surface area contributed by atoms with Crippen LogP contribution in [0.3, 0.4) is 0 Å². The second kappa shape index (κ2) is 11.4. The predicted octanol–water partition coefficient (Wildman–Crippen LogP) is 1.83. The van der Waals surface area contributed by atoms with E-state index in [4.69, 9.17) is 16.3 Å². The second-order valence-electron chi connectivity index (χ2n) is 8.59. The average Bonchev–Trinajstić information content (AvgIpc) is 2.86. The van der Waals surface area contributed by atoms with E-state index in [0.717, 1.165) is 31.9 Å². The lowest BCUT2D eigenvalue weighted by Crippen LogP contribution is -2.60. The topological polar surface area (TPSA) is 94.2 Å². The van der Waals surface area contributed by atoms with Crippen molar-refractivity contribution < 1.29 is 19.1 Å². The van der Waals surface area contributed by atoms with E-state index in [9.17, 15) is 14.4 Å². The number of nitrogens with zero attached hydrogens (tertiary/aromatic N) is 3. The minimum Gasteiger partial charge on any atom is -0.495 e. The molecule has 186 valence electrons. The van der Waals surface area contributed by atoms with Gasteiger partial charge in [-0.05, 0) is 30.3 Å². The molecule has 2 aliphatic rings. The minimum atomic E-state index is -0.848. The van der Waals surface area contributed by atoms with Gasteiger partial charge in [-0.2, -0.15) is 0 Å². The minimum absolute atomic E-state index is 0.127. The Hall–Kier alpha value is -3.30. The molecule has 3 amide bonds. The molecule has 35 heavy (non-hydrogen) atoms. The number of ether oxygens (including phenoxy) is 1. The zero-order chi connectivity index (χ0) is 24.8. The number of carbonyl (C=O) groups excluding carboxylic acids is 3. The van der Waals surface area contributed by atoms with Crippen LogP contribution in [0.5, 0.6) is 5.75 Å². The number of methoxy groups -OCH3 is 1. The molecule has 0 bridgehead atoms. The van der Waals surface area contributed by atoms with Crippen molar-refractivity contribution in [1.29, 1.82) is 0 Å². The maximum atomic E-state index is 13.2. The highest BCUT2D eigenvalue weighted by atomic mass is 35.5. The Balaban J connectivity index is 1.34. The number of amides is 3. The predicted molar refractivity (Wildman–Crippen MR) is 135 cm³/mol. The largest absolute Gasteiger partial charge is 0.495 e. The lowest BCUT2D eigenvalue weighted by molar-refractivity contribution is -0.145. The number of halogens is 1. The van der Waals surface area contributed by atoms with E-state index < -0.39 is 6.04 Å². The van der Waals surface area contributed by atoms with Crippen LogP contribution in [0.25, 0.3) is 0 Å². The molecule has 0 aromatic heterocycles. The third-order valence-electron chi connectivity index (χ3n) is 6.32. The number of para-hydroxylation sites is 2. The van der Waals surface area contributed by atoms with Crippen LogP contribution in [0.1, 0.15) is 6.42 Å². The van der Waals surface area contributed by atoms with Crippen molar-refractivity contribution in [3.05, 3.63) is 53.6 Å². The van der Waals surface area contributed by atoms with Crippen LogP contribution in [0.2, 0.25) is 5.02 Å². The molecule has 4 rings (SSSR count). The van der Waals surface area contributed by atoms with E-state index in [1.54, 1.807) is 24.3 Å². The highest BCUT2D eigenvalue weighted by Gasteiger charge is 2.35. The van der Waals surface area contributed by atoms with Gasteiger partial charge in [0.1, 0.15) is 11.8 Å². The van der Waals surface area contributed by atoms with Gasteiger partial charge in [0.15, 0.2) is 0 Å². The van der Waals surface area contributed by atoms with Gasteiger partial charge in [-0.3, -0.25) is 19.3 Å². The number of rotatable bonds is 7. The summed E-state index contributed by atoms with van der Waals surface area (Å²) in [5.74, 6) is -0.292. The third kappa shape index (κ3) is 6.23. The third-order valence-corrected chi connectivity index (χ3v) is 6.55. The lowest BCUT2D eigenvalue weighted by Gasteiger charge is -2.39. The molecule has 10 heteroatoms. The van der Waals surface area contributed by atoms with Crippen molar-refractivity contribution >= 4 is 40.7 Å². The summed E-state index contributed by atoms with van der Waals surface area (Å²) in [6.07, 6.45) is -0.127. The van der Waals surface area contributed by atoms with Gasteiger partial charge in [-0.25, -0.2) is 0 Å². The van der Waals surface area contributed by atoms with E-state index in [1.807, 2.05) is 24.3 Å². The van der Waals surface area contributed by atoms with E-state index in [-0.39, 0.29) is 30.7 Å². The first-order valence-corrected chi connectivity index (χ1v) is 12.1. The summed E-state index contributed by atoms with van der Waals surface area (Å²) in [7, 11) is 1.52. The summed E-state index contributed by atoms with van der Waals surface area (Å²) in [4.78, 5) is 44.4. The van der Waals surface area contributed by atoms with Gasteiger partial charge in [0, 0.05) is 50.0 Å². The maximum Gasteiger partial charge on any atom is 0.243 e. The molecule has 2 aliphatic heterocycles. The molecule has 0 unspecified atom stereocenters.